The van der Waals surface area contributed by atoms with Gasteiger partial charge in [0, 0.05) is 26.2 Å². The summed E-state index contributed by atoms with van der Waals surface area (Å²) in [5, 5.41) is 0. The molecule has 0 radical (unpaired) electrons. The van der Waals surface area contributed by atoms with E-state index >= 15 is 0 Å². The fraction of sp³-hybridized carbons (Fsp3) is 0.250. The first-order chi connectivity index (χ1) is 6.83. The van der Waals surface area contributed by atoms with Crippen molar-refractivity contribution in [2.45, 2.75) is 6.42 Å². The lowest BCUT2D eigenvalue weighted by Crippen LogP contribution is -2.17. The molecular weight excluding hydrogens is 172 g/mol. The first kappa shape index (κ1) is 9.00. The molecule has 2 rings (SSSR count). The molecule has 1 heterocycles. The summed E-state index contributed by atoms with van der Waals surface area (Å²) in [6, 6.07) is 0. The van der Waals surface area contributed by atoms with Crippen molar-refractivity contribution in [3.8, 4) is 0 Å². The van der Waals surface area contributed by atoms with E-state index in [4.69, 9.17) is 0 Å². The summed E-state index contributed by atoms with van der Waals surface area (Å²) in [6.45, 7) is 0. The second-order valence-electron chi connectivity index (χ2n) is 3.39. The van der Waals surface area contributed by atoms with Crippen molar-refractivity contribution >= 4 is 5.84 Å². The molecule has 0 aromatic heterocycles. The third-order valence-electron chi connectivity index (χ3n) is 2.57. The highest BCUT2D eigenvalue weighted by Gasteiger charge is 2.23. The molecule has 2 aliphatic rings. The molecule has 2 nitrogen and oxygen atoms in total. The summed E-state index contributed by atoms with van der Waals surface area (Å²) < 4.78 is 0. The Morgan fingerprint density at radius 2 is 1.86 bits per heavy atom. The molecule has 0 aromatic rings. The molecule has 72 valence electrons. The van der Waals surface area contributed by atoms with E-state index in [0.717, 1.165) is 12.3 Å². The van der Waals surface area contributed by atoms with Crippen LogP contribution in [0.15, 0.2) is 52.7 Å². The van der Waals surface area contributed by atoms with E-state index in [2.05, 4.69) is 41.2 Å². The van der Waals surface area contributed by atoms with Crippen LogP contribution in [0, 0.1) is 0 Å². The number of amidine groups is 1. The summed E-state index contributed by atoms with van der Waals surface area (Å²) in [5.74, 6) is 1.13. The molecule has 0 N–H and O–H groups in total. The summed E-state index contributed by atoms with van der Waals surface area (Å²) in [6.07, 6.45) is 13.4. The van der Waals surface area contributed by atoms with Crippen molar-refractivity contribution in [3.05, 3.63) is 47.7 Å². The van der Waals surface area contributed by atoms with E-state index in [-0.39, 0.29) is 0 Å². The number of hydrogen-bond acceptors (Lipinski definition) is 1. The van der Waals surface area contributed by atoms with Gasteiger partial charge in [-0.3, -0.25) is 4.99 Å². The lowest BCUT2D eigenvalue weighted by Gasteiger charge is -2.13. The van der Waals surface area contributed by atoms with Crippen molar-refractivity contribution in [3.63, 3.8) is 0 Å². The van der Waals surface area contributed by atoms with Crippen LogP contribution in [0.1, 0.15) is 6.42 Å². The van der Waals surface area contributed by atoms with Gasteiger partial charge in [0.2, 0.25) is 0 Å². The molecular formula is C12H14N2. The molecule has 0 saturated carbocycles. The molecule has 2 heteroatoms. The van der Waals surface area contributed by atoms with Gasteiger partial charge in [-0.15, -0.1) is 0 Å². The van der Waals surface area contributed by atoms with Crippen LogP contribution in [-0.4, -0.2) is 24.8 Å². The average Bonchev–Trinajstić information content (AvgIpc) is 2.42. The summed E-state index contributed by atoms with van der Waals surface area (Å²) in [7, 11) is 3.91. The average molecular weight is 186 g/mol. The van der Waals surface area contributed by atoms with Crippen molar-refractivity contribution in [2.75, 3.05) is 14.1 Å². The lowest BCUT2D eigenvalue weighted by molar-refractivity contribution is 0.662. The van der Waals surface area contributed by atoms with Crippen LogP contribution >= 0.6 is 0 Å². The zero-order valence-electron chi connectivity index (χ0n) is 8.57. The number of rotatable bonds is 0. The van der Waals surface area contributed by atoms with Crippen molar-refractivity contribution in [1.29, 1.82) is 0 Å². The topological polar surface area (TPSA) is 15.6 Å². The minimum Gasteiger partial charge on any atom is -0.333 e. The Hall–Kier alpha value is -1.57. The number of allylic oxidation sites excluding steroid dienone is 7. The summed E-state index contributed by atoms with van der Waals surface area (Å²) >= 11 is 0. The Morgan fingerprint density at radius 1 is 1.14 bits per heavy atom. The Morgan fingerprint density at radius 3 is 2.57 bits per heavy atom. The Balaban J connectivity index is 2.43. The van der Waals surface area contributed by atoms with Gasteiger partial charge < -0.3 is 4.90 Å². The second kappa shape index (κ2) is 3.66. The molecule has 14 heavy (non-hydrogen) atoms. The molecule has 0 aromatic carbocycles. The minimum atomic E-state index is 0.941. The van der Waals surface area contributed by atoms with Gasteiger partial charge in [-0.2, -0.15) is 0 Å². The molecule has 0 atom stereocenters. The highest BCUT2D eigenvalue weighted by molar-refractivity contribution is 5.91. The van der Waals surface area contributed by atoms with Gasteiger partial charge in [0.15, 0.2) is 0 Å². The number of likely N-dealkylation sites (N-methyl/N-ethyl adjacent to an activating group) is 1. The van der Waals surface area contributed by atoms with E-state index in [9.17, 15) is 0 Å². The summed E-state index contributed by atoms with van der Waals surface area (Å²) in [4.78, 5) is 6.41. The predicted octanol–water partition coefficient (Wildman–Crippen LogP) is 2.29. The Kier molecular flexibility index (Phi) is 2.35. The molecule has 1 fully saturated rings. The molecule has 0 amide bonds. The minimum absolute atomic E-state index is 0.941. The van der Waals surface area contributed by atoms with Crippen LogP contribution < -0.4 is 0 Å². The number of nitrogens with zero attached hydrogens (tertiary/aromatic N) is 2. The van der Waals surface area contributed by atoms with E-state index < -0.39 is 0 Å². The highest BCUT2D eigenvalue weighted by atomic mass is 15.2. The predicted molar refractivity (Wildman–Crippen MR) is 60.2 cm³/mol. The van der Waals surface area contributed by atoms with Crippen LogP contribution in [0.5, 0.6) is 0 Å². The normalized spacial score (nSPS) is 35.0. The molecule has 1 aliphatic heterocycles. The fourth-order valence-electron chi connectivity index (χ4n) is 1.77. The largest absolute Gasteiger partial charge is 0.333 e. The number of fused-ring (bicyclic) bond motifs is 1. The molecule has 0 spiro atoms. The zero-order valence-corrected chi connectivity index (χ0v) is 8.57. The van der Waals surface area contributed by atoms with Crippen LogP contribution in [0.4, 0.5) is 0 Å². The number of hydrogen-bond donors (Lipinski definition) is 0. The lowest BCUT2D eigenvalue weighted by atomic mass is 10.1. The number of likely N-dealkylation sites (tertiary alicyclic amines) is 1. The van der Waals surface area contributed by atoms with Gasteiger partial charge in [0.25, 0.3) is 0 Å². The quantitative estimate of drug-likeness (QED) is 0.566. The maximum atomic E-state index is 4.27. The van der Waals surface area contributed by atoms with E-state index in [1.807, 2.05) is 19.2 Å². The second-order valence-corrected chi connectivity index (χ2v) is 3.39. The van der Waals surface area contributed by atoms with Gasteiger partial charge in [0.1, 0.15) is 5.84 Å². The zero-order chi connectivity index (χ0) is 9.97. The van der Waals surface area contributed by atoms with Gasteiger partial charge in [-0.05, 0) is 11.6 Å². The van der Waals surface area contributed by atoms with Crippen molar-refractivity contribution < 1.29 is 0 Å². The van der Waals surface area contributed by atoms with Crippen LogP contribution in [0.2, 0.25) is 0 Å². The van der Waals surface area contributed by atoms with Gasteiger partial charge in [-0.25, -0.2) is 0 Å². The van der Waals surface area contributed by atoms with Gasteiger partial charge >= 0.3 is 0 Å². The van der Waals surface area contributed by atoms with E-state index in [0.29, 0.717) is 0 Å². The smallest absolute Gasteiger partial charge is 0.107 e. The number of aliphatic imine (C=N–C) groups is 1. The first-order valence-electron chi connectivity index (χ1n) is 4.77. The SMILES string of the molecule is CN=C1CC2=C/C=C\C=C/C=C\2N1C. The van der Waals surface area contributed by atoms with E-state index in [1.165, 1.54) is 11.3 Å². The van der Waals surface area contributed by atoms with Crippen molar-refractivity contribution in [1.82, 2.24) is 4.90 Å². The Bertz CT molecular complexity index is 381. The van der Waals surface area contributed by atoms with Crippen LogP contribution in [0.3, 0.4) is 0 Å². The molecule has 0 bridgehead atoms. The van der Waals surface area contributed by atoms with Crippen LogP contribution in [0.25, 0.3) is 0 Å². The first-order valence-corrected chi connectivity index (χ1v) is 4.77. The standard InChI is InChI=1S/C12H14N2/c1-13-12-9-10-7-5-3-4-6-8-11(10)14(12)2/h3-8H,9H2,1-2H3/b4-3?,5-3-,6-4-,7-5?,8-6?,10-7-,11-8+,13-12?. The molecule has 1 saturated heterocycles. The van der Waals surface area contributed by atoms with Gasteiger partial charge in [0.05, 0.1) is 0 Å². The molecule has 1 aliphatic carbocycles. The van der Waals surface area contributed by atoms with E-state index in [1.54, 1.807) is 0 Å². The third kappa shape index (κ3) is 1.43. The van der Waals surface area contributed by atoms with Gasteiger partial charge in [-0.1, -0.05) is 30.4 Å². The Labute approximate surface area is 84.6 Å². The maximum absolute atomic E-state index is 4.27. The van der Waals surface area contributed by atoms with Crippen LogP contribution in [-0.2, 0) is 0 Å². The molecule has 0 unspecified atom stereocenters. The fourth-order valence-corrected chi connectivity index (χ4v) is 1.77. The third-order valence-corrected chi connectivity index (χ3v) is 2.57. The maximum Gasteiger partial charge on any atom is 0.107 e. The highest BCUT2D eigenvalue weighted by Crippen LogP contribution is 2.28. The summed E-state index contributed by atoms with van der Waals surface area (Å²) in [5.41, 5.74) is 2.60. The monoisotopic (exact) mass is 186 g/mol. The van der Waals surface area contributed by atoms with Crippen molar-refractivity contribution in [2.24, 2.45) is 4.99 Å².